The van der Waals surface area contributed by atoms with Gasteiger partial charge in [-0.05, 0) is 30.6 Å². The summed E-state index contributed by atoms with van der Waals surface area (Å²) in [4.78, 5) is 14.2. The van der Waals surface area contributed by atoms with Gasteiger partial charge in [0.2, 0.25) is 5.91 Å². The molecule has 0 aliphatic heterocycles. The highest BCUT2D eigenvalue weighted by atomic mass is 16.1. The number of benzene rings is 1. The van der Waals surface area contributed by atoms with E-state index in [2.05, 4.69) is 31.0 Å². The predicted molar refractivity (Wildman–Crippen MR) is 84.6 cm³/mol. The maximum absolute atomic E-state index is 11.9. The zero-order chi connectivity index (χ0) is 15.0. The second-order valence-electron chi connectivity index (χ2n) is 5.90. The summed E-state index contributed by atoms with van der Waals surface area (Å²) in [6.07, 6.45) is 0.503. The van der Waals surface area contributed by atoms with Crippen LogP contribution in [0.4, 0.5) is 5.69 Å². The van der Waals surface area contributed by atoms with E-state index in [0.717, 1.165) is 25.3 Å². The molecule has 0 bridgehead atoms. The lowest BCUT2D eigenvalue weighted by Crippen LogP contribution is -2.39. The van der Waals surface area contributed by atoms with Crippen LogP contribution in [-0.4, -0.2) is 37.0 Å². The van der Waals surface area contributed by atoms with E-state index in [1.807, 2.05) is 30.3 Å². The van der Waals surface area contributed by atoms with Crippen LogP contribution in [0.2, 0.25) is 0 Å². The first-order valence-corrected chi connectivity index (χ1v) is 7.24. The Morgan fingerprint density at radius 1 is 1.30 bits per heavy atom. The van der Waals surface area contributed by atoms with Crippen LogP contribution in [0.25, 0.3) is 0 Å². The van der Waals surface area contributed by atoms with Crippen molar-refractivity contribution >= 4 is 11.6 Å². The lowest BCUT2D eigenvalue weighted by atomic mass is 9.93. The number of para-hydroxylation sites is 1. The maximum atomic E-state index is 11.9. The minimum Gasteiger partial charge on any atom is -0.330 e. The van der Waals surface area contributed by atoms with Gasteiger partial charge in [0.05, 0.1) is 0 Å². The van der Waals surface area contributed by atoms with Crippen LogP contribution in [-0.2, 0) is 4.79 Å². The number of rotatable bonds is 8. The summed E-state index contributed by atoms with van der Waals surface area (Å²) in [5, 5.41) is 2.91. The van der Waals surface area contributed by atoms with E-state index in [9.17, 15) is 4.79 Å². The molecule has 0 heterocycles. The van der Waals surface area contributed by atoms with Crippen LogP contribution >= 0.6 is 0 Å². The third kappa shape index (κ3) is 6.17. The average Bonchev–Trinajstić information content (AvgIpc) is 2.44. The van der Waals surface area contributed by atoms with Crippen LogP contribution in [0, 0.1) is 5.41 Å². The van der Waals surface area contributed by atoms with Gasteiger partial charge in [-0.25, -0.2) is 0 Å². The van der Waals surface area contributed by atoms with Gasteiger partial charge in [0.25, 0.3) is 0 Å². The summed E-state index contributed by atoms with van der Waals surface area (Å²) in [7, 11) is 0. The smallest absolute Gasteiger partial charge is 0.225 e. The number of amides is 1. The molecule has 0 saturated carbocycles. The normalized spacial score (nSPS) is 11.7. The Bertz CT molecular complexity index is 403. The average molecular weight is 277 g/mol. The van der Waals surface area contributed by atoms with E-state index in [-0.39, 0.29) is 11.3 Å². The van der Waals surface area contributed by atoms with Gasteiger partial charge >= 0.3 is 0 Å². The van der Waals surface area contributed by atoms with E-state index in [1.54, 1.807) is 0 Å². The lowest BCUT2D eigenvalue weighted by molar-refractivity contribution is -0.116. The first-order valence-electron chi connectivity index (χ1n) is 7.24. The summed E-state index contributed by atoms with van der Waals surface area (Å²) < 4.78 is 0. The molecule has 1 aromatic carbocycles. The second kappa shape index (κ2) is 8.02. The maximum Gasteiger partial charge on any atom is 0.225 e. The number of nitrogens with two attached hydrogens (primary N) is 1. The van der Waals surface area contributed by atoms with Gasteiger partial charge in [0, 0.05) is 25.2 Å². The molecule has 0 fully saturated rings. The van der Waals surface area contributed by atoms with Crippen molar-refractivity contribution in [3.63, 3.8) is 0 Å². The Morgan fingerprint density at radius 3 is 2.50 bits per heavy atom. The second-order valence-corrected chi connectivity index (χ2v) is 5.90. The quantitative estimate of drug-likeness (QED) is 0.766. The van der Waals surface area contributed by atoms with Crippen LogP contribution in [0.5, 0.6) is 0 Å². The van der Waals surface area contributed by atoms with Crippen LogP contribution in [0.1, 0.15) is 27.2 Å². The van der Waals surface area contributed by atoms with Gasteiger partial charge in [-0.2, -0.15) is 0 Å². The number of hydrogen-bond donors (Lipinski definition) is 2. The molecular formula is C16H27N3O. The fourth-order valence-corrected chi connectivity index (χ4v) is 2.02. The molecule has 0 spiro atoms. The van der Waals surface area contributed by atoms with Gasteiger partial charge in [-0.3, -0.25) is 4.79 Å². The molecule has 1 rings (SSSR count). The van der Waals surface area contributed by atoms with Gasteiger partial charge in [0.1, 0.15) is 0 Å². The fraction of sp³-hybridized carbons (Fsp3) is 0.562. The molecule has 1 aromatic rings. The third-order valence-electron chi connectivity index (χ3n) is 3.36. The summed E-state index contributed by atoms with van der Waals surface area (Å²) >= 11 is 0. The van der Waals surface area contributed by atoms with Crippen molar-refractivity contribution < 1.29 is 4.79 Å². The molecule has 3 N–H and O–H groups in total. The van der Waals surface area contributed by atoms with Crippen LogP contribution in [0.3, 0.4) is 0 Å². The van der Waals surface area contributed by atoms with Crippen molar-refractivity contribution in [2.75, 3.05) is 31.5 Å². The summed E-state index contributed by atoms with van der Waals surface area (Å²) in [5.41, 5.74) is 6.70. The minimum absolute atomic E-state index is 0.0557. The third-order valence-corrected chi connectivity index (χ3v) is 3.36. The lowest BCUT2D eigenvalue weighted by Gasteiger charge is -2.30. The van der Waals surface area contributed by atoms with E-state index in [4.69, 9.17) is 5.73 Å². The summed E-state index contributed by atoms with van der Waals surface area (Å²) in [6, 6.07) is 9.55. The van der Waals surface area contributed by atoms with E-state index < -0.39 is 0 Å². The zero-order valence-electron chi connectivity index (χ0n) is 12.9. The molecule has 0 radical (unpaired) electrons. The standard InChI is InChI=1S/C16H27N3O/c1-4-19(13-16(2,3)12-17)11-10-15(20)18-14-8-6-5-7-9-14/h5-9H,4,10-13,17H2,1-3H3,(H,18,20). The molecule has 1 amide bonds. The molecule has 0 aliphatic carbocycles. The van der Waals surface area contributed by atoms with Crippen molar-refractivity contribution in [1.82, 2.24) is 4.90 Å². The molecule has 0 atom stereocenters. The number of anilines is 1. The van der Waals surface area contributed by atoms with Gasteiger partial charge < -0.3 is 16.0 Å². The molecule has 0 aromatic heterocycles. The molecule has 112 valence electrons. The fourth-order valence-electron chi connectivity index (χ4n) is 2.02. The van der Waals surface area contributed by atoms with Crippen LogP contribution in [0.15, 0.2) is 30.3 Å². The summed E-state index contributed by atoms with van der Waals surface area (Å²) in [5.74, 6) is 0.0557. The molecule has 0 unspecified atom stereocenters. The van der Waals surface area contributed by atoms with E-state index in [1.165, 1.54) is 0 Å². The molecule has 0 saturated heterocycles. The molecular weight excluding hydrogens is 250 g/mol. The zero-order valence-corrected chi connectivity index (χ0v) is 12.9. The van der Waals surface area contributed by atoms with Gasteiger partial charge in [0.15, 0.2) is 0 Å². The largest absolute Gasteiger partial charge is 0.330 e. The summed E-state index contributed by atoms with van der Waals surface area (Å²) in [6.45, 7) is 9.68. The molecule has 4 nitrogen and oxygen atoms in total. The Labute approximate surface area is 122 Å². The Balaban J connectivity index is 2.38. The van der Waals surface area contributed by atoms with E-state index in [0.29, 0.717) is 13.0 Å². The van der Waals surface area contributed by atoms with Gasteiger partial charge in [-0.15, -0.1) is 0 Å². The number of nitrogens with zero attached hydrogens (tertiary/aromatic N) is 1. The SMILES string of the molecule is CCN(CCC(=O)Nc1ccccc1)CC(C)(C)CN. The highest BCUT2D eigenvalue weighted by Gasteiger charge is 2.19. The van der Waals surface area contributed by atoms with Crippen molar-refractivity contribution in [3.05, 3.63) is 30.3 Å². The number of hydrogen-bond acceptors (Lipinski definition) is 3. The van der Waals surface area contributed by atoms with Crippen molar-refractivity contribution in [2.45, 2.75) is 27.2 Å². The van der Waals surface area contributed by atoms with Crippen molar-refractivity contribution in [3.8, 4) is 0 Å². The molecule has 4 heteroatoms. The Hall–Kier alpha value is -1.39. The highest BCUT2D eigenvalue weighted by Crippen LogP contribution is 2.15. The first-order chi connectivity index (χ1) is 9.46. The minimum atomic E-state index is 0.0557. The predicted octanol–water partition coefficient (Wildman–Crippen LogP) is 2.32. The van der Waals surface area contributed by atoms with E-state index >= 15 is 0 Å². The molecule has 20 heavy (non-hydrogen) atoms. The molecule has 0 aliphatic rings. The Kier molecular flexibility index (Phi) is 6.68. The van der Waals surface area contributed by atoms with Crippen molar-refractivity contribution in [1.29, 1.82) is 0 Å². The first kappa shape index (κ1) is 16.7. The highest BCUT2D eigenvalue weighted by molar-refractivity contribution is 5.90. The Morgan fingerprint density at radius 2 is 1.95 bits per heavy atom. The number of carbonyl (C=O) groups is 1. The number of carbonyl (C=O) groups excluding carboxylic acids is 1. The van der Waals surface area contributed by atoms with Gasteiger partial charge in [-0.1, -0.05) is 39.0 Å². The van der Waals surface area contributed by atoms with Crippen molar-refractivity contribution in [2.24, 2.45) is 11.1 Å². The topological polar surface area (TPSA) is 58.4 Å². The number of nitrogens with one attached hydrogen (secondary N) is 1. The monoisotopic (exact) mass is 277 g/mol. The van der Waals surface area contributed by atoms with Crippen LogP contribution < -0.4 is 11.1 Å².